The van der Waals surface area contributed by atoms with Gasteiger partial charge in [-0.25, -0.2) is 0 Å². The number of furan rings is 1. The molecule has 1 aromatic heterocycles. The molecule has 1 aliphatic carbocycles. The molecule has 0 spiro atoms. The van der Waals surface area contributed by atoms with Crippen LogP contribution in [0.5, 0.6) is 0 Å². The van der Waals surface area contributed by atoms with E-state index in [4.69, 9.17) is 16.0 Å². The van der Waals surface area contributed by atoms with Crippen LogP contribution in [0.1, 0.15) is 49.3 Å². The fraction of sp³-hybridized carbons (Fsp3) is 0.304. The summed E-state index contributed by atoms with van der Waals surface area (Å²) in [6, 6.07) is 18.5. The molecule has 1 heterocycles. The molecule has 0 amide bonds. The predicted octanol–water partition coefficient (Wildman–Crippen LogP) is 7.62. The second-order valence-electron chi connectivity index (χ2n) is 6.98. The summed E-state index contributed by atoms with van der Waals surface area (Å²) in [7, 11) is 0. The van der Waals surface area contributed by atoms with Gasteiger partial charge in [0.1, 0.15) is 11.5 Å². The van der Waals surface area contributed by atoms with Crippen molar-refractivity contribution in [2.75, 3.05) is 0 Å². The Hall–Kier alpha value is -1.99. The molecule has 3 aromatic rings. The lowest BCUT2D eigenvalue weighted by Crippen LogP contribution is -2.04. The topological polar surface area (TPSA) is 13.1 Å². The van der Waals surface area contributed by atoms with Crippen LogP contribution in [-0.2, 0) is 0 Å². The normalized spacial score (nSPS) is 15.4. The van der Waals surface area contributed by atoms with Crippen LogP contribution in [0.2, 0.25) is 5.02 Å². The van der Waals surface area contributed by atoms with Crippen molar-refractivity contribution in [1.29, 1.82) is 0 Å². The van der Waals surface area contributed by atoms with E-state index in [9.17, 15) is 0 Å². The molecule has 1 fully saturated rings. The Bertz CT molecular complexity index is 857. The number of hydrogen-bond donors (Lipinski definition) is 0. The summed E-state index contributed by atoms with van der Waals surface area (Å²) >= 11 is 6.51. The molecule has 0 atom stereocenters. The van der Waals surface area contributed by atoms with Crippen LogP contribution in [0.3, 0.4) is 0 Å². The van der Waals surface area contributed by atoms with E-state index in [-0.39, 0.29) is 0 Å². The average molecular weight is 351 g/mol. The minimum Gasteiger partial charge on any atom is -0.460 e. The van der Waals surface area contributed by atoms with Crippen LogP contribution in [0.4, 0.5) is 0 Å². The molecule has 0 bridgehead atoms. The molecule has 4 rings (SSSR count). The van der Waals surface area contributed by atoms with Crippen molar-refractivity contribution in [2.24, 2.45) is 0 Å². The minimum atomic E-state index is 0.535. The molecule has 2 heteroatoms. The second-order valence-corrected chi connectivity index (χ2v) is 7.38. The van der Waals surface area contributed by atoms with E-state index in [1.165, 1.54) is 48.8 Å². The van der Waals surface area contributed by atoms with Gasteiger partial charge in [0.25, 0.3) is 0 Å². The van der Waals surface area contributed by atoms with Crippen LogP contribution >= 0.6 is 11.6 Å². The van der Waals surface area contributed by atoms with Gasteiger partial charge in [-0.2, -0.15) is 0 Å². The first kappa shape index (κ1) is 16.5. The van der Waals surface area contributed by atoms with Gasteiger partial charge in [-0.1, -0.05) is 73.3 Å². The standard InChI is InChI=1S/C23H23ClO/c1-16-21(17-10-4-2-5-11-17)23(19-14-8-9-15-20(19)24)25-22(16)18-12-6-3-7-13-18/h2,4-5,8-11,14-15,18H,3,6-7,12-13H2,1H3. The highest BCUT2D eigenvalue weighted by Crippen LogP contribution is 2.45. The molecule has 2 aromatic carbocycles. The largest absolute Gasteiger partial charge is 0.460 e. The zero-order chi connectivity index (χ0) is 17.2. The molecule has 1 aliphatic rings. The van der Waals surface area contributed by atoms with Gasteiger partial charge < -0.3 is 4.42 Å². The first-order chi connectivity index (χ1) is 12.3. The molecule has 0 unspecified atom stereocenters. The third kappa shape index (κ3) is 3.14. The van der Waals surface area contributed by atoms with Gasteiger partial charge in [-0.3, -0.25) is 0 Å². The number of benzene rings is 2. The lowest BCUT2D eigenvalue weighted by molar-refractivity contribution is 0.376. The quantitative estimate of drug-likeness (QED) is 0.473. The van der Waals surface area contributed by atoms with Crippen molar-refractivity contribution in [1.82, 2.24) is 0 Å². The molecule has 0 saturated heterocycles. The van der Waals surface area contributed by atoms with Crippen LogP contribution in [0.25, 0.3) is 22.5 Å². The Balaban J connectivity index is 1.91. The van der Waals surface area contributed by atoms with E-state index < -0.39 is 0 Å². The van der Waals surface area contributed by atoms with Crippen LogP contribution in [0, 0.1) is 6.92 Å². The minimum absolute atomic E-state index is 0.535. The lowest BCUT2D eigenvalue weighted by Gasteiger charge is -2.20. The Labute approximate surface area is 154 Å². The van der Waals surface area contributed by atoms with Gasteiger partial charge in [-0.05, 0) is 43.0 Å². The molecule has 0 N–H and O–H groups in total. The van der Waals surface area contributed by atoms with E-state index in [0.29, 0.717) is 5.92 Å². The van der Waals surface area contributed by atoms with Crippen molar-refractivity contribution >= 4 is 11.6 Å². The van der Waals surface area contributed by atoms with Crippen LogP contribution in [-0.4, -0.2) is 0 Å². The Morgan fingerprint density at radius 1 is 0.880 bits per heavy atom. The SMILES string of the molecule is Cc1c(C2CCCCC2)oc(-c2ccccc2Cl)c1-c1ccccc1. The average Bonchev–Trinajstić information content (AvgIpc) is 3.00. The van der Waals surface area contributed by atoms with Crippen molar-refractivity contribution in [3.05, 3.63) is 70.9 Å². The lowest BCUT2D eigenvalue weighted by atomic mass is 9.85. The maximum absolute atomic E-state index is 6.52. The third-order valence-electron chi connectivity index (χ3n) is 5.34. The number of halogens is 1. The van der Waals surface area contributed by atoms with E-state index >= 15 is 0 Å². The predicted molar refractivity (Wildman–Crippen MR) is 105 cm³/mol. The summed E-state index contributed by atoms with van der Waals surface area (Å²) in [6.45, 7) is 2.20. The Morgan fingerprint density at radius 2 is 1.56 bits per heavy atom. The molecule has 0 aliphatic heterocycles. The Kier molecular flexibility index (Phi) is 4.67. The fourth-order valence-electron chi connectivity index (χ4n) is 4.07. The molecule has 1 saturated carbocycles. The third-order valence-corrected chi connectivity index (χ3v) is 5.67. The Morgan fingerprint density at radius 3 is 2.28 bits per heavy atom. The second kappa shape index (κ2) is 7.09. The molecular weight excluding hydrogens is 328 g/mol. The van der Waals surface area contributed by atoms with Crippen molar-refractivity contribution in [3.63, 3.8) is 0 Å². The molecule has 1 nitrogen and oxygen atoms in total. The van der Waals surface area contributed by atoms with Crippen molar-refractivity contribution in [3.8, 4) is 22.5 Å². The fourth-order valence-corrected chi connectivity index (χ4v) is 4.29. The maximum Gasteiger partial charge on any atom is 0.143 e. The van der Waals surface area contributed by atoms with Crippen LogP contribution in [0.15, 0.2) is 59.0 Å². The van der Waals surface area contributed by atoms with Crippen molar-refractivity contribution in [2.45, 2.75) is 44.9 Å². The van der Waals surface area contributed by atoms with E-state index in [2.05, 4.69) is 43.3 Å². The zero-order valence-electron chi connectivity index (χ0n) is 14.6. The van der Waals surface area contributed by atoms with Gasteiger partial charge in [0.05, 0.1) is 5.02 Å². The highest BCUT2D eigenvalue weighted by atomic mass is 35.5. The number of hydrogen-bond acceptors (Lipinski definition) is 1. The van der Waals surface area contributed by atoms with Gasteiger partial charge in [0.2, 0.25) is 0 Å². The monoisotopic (exact) mass is 350 g/mol. The van der Waals surface area contributed by atoms with Crippen molar-refractivity contribution < 1.29 is 4.42 Å². The first-order valence-electron chi connectivity index (χ1n) is 9.19. The van der Waals surface area contributed by atoms with E-state index in [1.54, 1.807) is 0 Å². The smallest absolute Gasteiger partial charge is 0.143 e. The highest BCUT2D eigenvalue weighted by Gasteiger charge is 2.27. The summed E-state index contributed by atoms with van der Waals surface area (Å²) in [5.74, 6) is 2.61. The van der Waals surface area contributed by atoms with Gasteiger partial charge in [0.15, 0.2) is 0 Å². The summed E-state index contributed by atoms with van der Waals surface area (Å²) < 4.78 is 6.52. The van der Waals surface area contributed by atoms with E-state index in [0.717, 1.165) is 22.1 Å². The molecule has 128 valence electrons. The number of rotatable bonds is 3. The van der Waals surface area contributed by atoms with Gasteiger partial charge in [0, 0.05) is 17.0 Å². The molecule has 25 heavy (non-hydrogen) atoms. The van der Waals surface area contributed by atoms with Crippen LogP contribution < -0.4 is 0 Å². The maximum atomic E-state index is 6.52. The zero-order valence-corrected chi connectivity index (χ0v) is 15.4. The van der Waals surface area contributed by atoms with Gasteiger partial charge in [-0.15, -0.1) is 0 Å². The molecule has 0 radical (unpaired) electrons. The van der Waals surface area contributed by atoms with E-state index in [1.807, 2.05) is 18.2 Å². The summed E-state index contributed by atoms with van der Waals surface area (Å²) in [4.78, 5) is 0. The summed E-state index contributed by atoms with van der Waals surface area (Å²) in [5, 5.41) is 0.739. The highest BCUT2D eigenvalue weighted by molar-refractivity contribution is 6.33. The van der Waals surface area contributed by atoms with Gasteiger partial charge >= 0.3 is 0 Å². The summed E-state index contributed by atoms with van der Waals surface area (Å²) in [5.41, 5.74) is 4.64. The first-order valence-corrected chi connectivity index (χ1v) is 9.57. The molecular formula is C23H23ClO. The summed E-state index contributed by atoms with van der Waals surface area (Å²) in [6.07, 6.45) is 6.40.